The van der Waals surface area contributed by atoms with E-state index in [9.17, 15) is 9.18 Å². The summed E-state index contributed by atoms with van der Waals surface area (Å²) in [5.41, 5.74) is 0. The lowest BCUT2D eigenvalue weighted by atomic mass is 10.9. The molecule has 1 amide bonds. The molecule has 0 saturated carbocycles. The number of nitrogens with one attached hydrogen (secondary N) is 1. The van der Waals surface area contributed by atoms with Gasteiger partial charge in [0.1, 0.15) is 0 Å². The highest BCUT2D eigenvalue weighted by molar-refractivity contribution is 7.14. The van der Waals surface area contributed by atoms with Crippen molar-refractivity contribution in [2.45, 2.75) is 0 Å². The van der Waals surface area contributed by atoms with Crippen molar-refractivity contribution in [3.8, 4) is 0 Å². The lowest BCUT2D eigenvalue weighted by Crippen LogP contribution is -2.06. The predicted molar refractivity (Wildman–Crippen MR) is 33.7 cm³/mol. The van der Waals surface area contributed by atoms with Crippen LogP contribution in [-0.2, 0) is 0 Å². The standard InChI is InChI=1S/C4H3FN2O2S/c5-2-1-6-3(10-2)7-4(8)9/h1H,(H,6,7)(H,8,9). The van der Waals surface area contributed by atoms with Crippen LogP contribution in [0.4, 0.5) is 14.3 Å². The zero-order valence-electron chi connectivity index (χ0n) is 4.67. The van der Waals surface area contributed by atoms with Crippen molar-refractivity contribution in [1.82, 2.24) is 4.98 Å². The highest BCUT2D eigenvalue weighted by Crippen LogP contribution is 2.14. The summed E-state index contributed by atoms with van der Waals surface area (Å²) in [6.45, 7) is 0. The van der Waals surface area contributed by atoms with Crippen LogP contribution >= 0.6 is 11.3 Å². The first-order valence-corrected chi connectivity index (χ1v) is 3.11. The first-order valence-electron chi connectivity index (χ1n) is 2.30. The predicted octanol–water partition coefficient (Wildman–Crippen LogP) is 1.37. The molecule has 0 radical (unpaired) electrons. The second-order valence-corrected chi connectivity index (χ2v) is 2.38. The summed E-state index contributed by atoms with van der Waals surface area (Å²) in [5.74, 6) is 0. The summed E-state index contributed by atoms with van der Waals surface area (Å²) in [5, 5.41) is 9.55. The topological polar surface area (TPSA) is 62.2 Å². The van der Waals surface area contributed by atoms with E-state index < -0.39 is 11.2 Å². The summed E-state index contributed by atoms with van der Waals surface area (Å²) in [6, 6.07) is 0. The average Bonchev–Trinajstić information content (AvgIpc) is 2.13. The Bertz CT molecular complexity index is 249. The van der Waals surface area contributed by atoms with Gasteiger partial charge in [0.05, 0.1) is 6.20 Å². The van der Waals surface area contributed by atoms with Gasteiger partial charge < -0.3 is 5.11 Å². The zero-order valence-corrected chi connectivity index (χ0v) is 5.48. The largest absolute Gasteiger partial charge is 0.465 e. The Labute approximate surface area is 59.3 Å². The Morgan fingerprint density at radius 2 is 2.60 bits per heavy atom. The van der Waals surface area contributed by atoms with Gasteiger partial charge >= 0.3 is 6.09 Å². The molecule has 1 rings (SSSR count). The lowest BCUT2D eigenvalue weighted by Gasteiger charge is -1.89. The maximum atomic E-state index is 12.1. The minimum absolute atomic E-state index is 0.0463. The van der Waals surface area contributed by atoms with E-state index in [0.29, 0.717) is 11.3 Å². The molecule has 2 N–H and O–H groups in total. The third kappa shape index (κ3) is 1.66. The van der Waals surface area contributed by atoms with Crippen molar-refractivity contribution < 1.29 is 14.3 Å². The van der Waals surface area contributed by atoms with Crippen molar-refractivity contribution in [3.05, 3.63) is 11.3 Å². The van der Waals surface area contributed by atoms with Gasteiger partial charge in [-0.25, -0.2) is 9.78 Å². The molecule has 1 heterocycles. The van der Waals surface area contributed by atoms with E-state index in [0.717, 1.165) is 6.20 Å². The number of rotatable bonds is 1. The van der Waals surface area contributed by atoms with Crippen molar-refractivity contribution in [3.63, 3.8) is 0 Å². The van der Waals surface area contributed by atoms with Crippen LogP contribution in [0.3, 0.4) is 0 Å². The Kier molecular flexibility index (Phi) is 1.81. The first kappa shape index (κ1) is 6.94. The third-order valence-corrected chi connectivity index (χ3v) is 1.39. The number of carboxylic acid groups (broad SMARTS) is 1. The molecule has 4 nitrogen and oxygen atoms in total. The fraction of sp³-hybridized carbons (Fsp3) is 0. The summed E-state index contributed by atoms with van der Waals surface area (Å²) < 4.78 is 12.1. The summed E-state index contributed by atoms with van der Waals surface area (Å²) in [6.07, 6.45) is -0.287. The molecule has 0 aliphatic carbocycles. The van der Waals surface area contributed by atoms with Crippen molar-refractivity contribution in [2.75, 3.05) is 5.32 Å². The van der Waals surface area contributed by atoms with Crippen molar-refractivity contribution >= 4 is 22.6 Å². The van der Waals surface area contributed by atoms with Crippen LogP contribution in [0.15, 0.2) is 6.20 Å². The van der Waals surface area contributed by atoms with E-state index in [1.54, 1.807) is 0 Å². The lowest BCUT2D eigenvalue weighted by molar-refractivity contribution is 0.209. The molecule has 1 aromatic rings. The molecule has 0 unspecified atom stereocenters. The van der Waals surface area contributed by atoms with Crippen molar-refractivity contribution in [2.24, 2.45) is 0 Å². The molecule has 0 atom stereocenters. The van der Waals surface area contributed by atoms with Crippen LogP contribution < -0.4 is 5.32 Å². The van der Waals surface area contributed by atoms with Gasteiger partial charge in [0.15, 0.2) is 10.3 Å². The van der Waals surface area contributed by atoms with Gasteiger partial charge in [-0.05, 0) is 0 Å². The van der Waals surface area contributed by atoms with Crippen LogP contribution in [0.2, 0.25) is 0 Å². The molecule has 0 spiro atoms. The van der Waals surface area contributed by atoms with E-state index in [1.165, 1.54) is 0 Å². The molecule has 0 aliphatic heterocycles. The fourth-order valence-corrected chi connectivity index (χ4v) is 0.938. The maximum Gasteiger partial charge on any atom is 0.410 e. The molecular weight excluding hydrogens is 159 g/mol. The van der Waals surface area contributed by atoms with E-state index in [4.69, 9.17) is 5.11 Å². The van der Waals surface area contributed by atoms with Crippen LogP contribution in [-0.4, -0.2) is 16.2 Å². The molecule has 10 heavy (non-hydrogen) atoms. The average molecular weight is 162 g/mol. The highest BCUT2D eigenvalue weighted by Gasteiger charge is 2.02. The van der Waals surface area contributed by atoms with Gasteiger partial charge in [0, 0.05) is 0 Å². The zero-order chi connectivity index (χ0) is 7.56. The first-order chi connectivity index (χ1) is 4.68. The van der Waals surface area contributed by atoms with Gasteiger partial charge in [0.25, 0.3) is 0 Å². The van der Waals surface area contributed by atoms with Crippen LogP contribution in [0.5, 0.6) is 0 Å². The monoisotopic (exact) mass is 162 g/mol. The molecule has 0 fully saturated rings. The van der Waals surface area contributed by atoms with Gasteiger partial charge in [-0.15, -0.1) is 0 Å². The van der Waals surface area contributed by atoms with Gasteiger partial charge in [-0.3, -0.25) is 5.32 Å². The SMILES string of the molecule is O=C(O)Nc1ncc(F)s1. The third-order valence-electron chi connectivity index (χ3n) is 0.691. The number of halogens is 1. The minimum atomic E-state index is -1.24. The van der Waals surface area contributed by atoms with Gasteiger partial charge in [-0.2, -0.15) is 4.39 Å². The normalized spacial score (nSPS) is 9.30. The smallest absolute Gasteiger partial charge is 0.410 e. The number of hydrogen-bond acceptors (Lipinski definition) is 3. The van der Waals surface area contributed by atoms with E-state index in [2.05, 4.69) is 4.98 Å². The van der Waals surface area contributed by atoms with Crippen LogP contribution in [0, 0.1) is 5.13 Å². The number of hydrogen-bond donors (Lipinski definition) is 2. The number of amides is 1. The molecule has 0 saturated heterocycles. The number of thiazole rings is 1. The maximum absolute atomic E-state index is 12.1. The quantitative estimate of drug-likeness (QED) is 0.655. The molecule has 6 heteroatoms. The Balaban J connectivity index is 2.67. The molecule has 0 bridgehead atoms. The number of nitrogens with zero attached hydrogens (tertiary/aromatic N) is 1. The van der Waals surface area contributed by atoms with Crippen LogP contribution in [0.1, 0.15) is 0 Å². The van der Waals surface area contributed by atoms with E-state index in [-0.39, 0.29) is 5.13 Å². The van der Waals surface area contributed by atoms with E-state index in [1.807, 2.05) is 5.32 Å². The van der Waals surface area contributed by atoms with Gasteiger partial charge in [-0.1, -0.05) is 11.3 Å². The Morgan fingerprint density at radius 3 is 3.00 bits per heavy atom. The summed E-state index contributed by atoms with van der Waals surface area (Å²) in [4.78, 5) is 13.3. The second kappa shape index (κ2) is 2.61. The minimum Gasteiger partial charge on any atom is -0.465 e. The molecule has 0 aromatic carbocycles. The van der Waals surface area contributed by atoms with Crippen LogP contribution in [0.25, 0.3) is 0 Å². The fourth-order valence-electron chi connectivity index (χ4n) is 0.404. The number of carbonyl (C=O) groups is 1. The van der Waals surface area contributed by atoms with Gasteiger partial charge in [0.2, 0.25) is 0 Å². The molecular formula is C4H3FN2O2S. The highest BCUT2D eigenvalue weighted by atomic mass is 32.1. The summed E-state index contributed by atoms with van der Waals surface area (Å²) in [7, 11) is 0. The number of aromatic nitrogens is 1. The van der Waals surface area contributed by atoms with Crippen molar-refractivity contribution in [1.29, 1.82) is 0 Å². The Hall–Kier alpha value is -1.17. The molecule has 0 aliphatic rings. The molecule has 54 valence electrons. The summed E-state index contributed by atoms with van der Waals surface area (Å²) >= 11 is 0.646. The van der Waals surface area contributed by atoms with E-state index >= 15 is 0 Å². The number of anilines is 1. The molecule has 1 aromatic heterocycles. The second-order valence-electron chi connectivity index (χ2n) is 1.40. The Morgan fingerprint density at radius 1 is 1.90 bits per heavy atom.